The van der Waals surface area contributed by atoms with Crippen LogP contribution in [-0.4, -0.2) is 51.4 Å². The van der Waals surface area contributed by atoms with Crippen LogP contribution in [0.5, 0.6) is 0 Å². The van der Waals surface area contributed by atoms with Crippen molar-refractivity contribution in [1.29, 1.82) is 0 Å². The van der Waals surface area contributed by atoms with E-state index in [2.05, 4.69) is 5.32 Å². The van der Waals surface area contributed by atoms with E-state index >= 15 is 0 Å². The summed E-state index contributed by atoms with van der Waals surface area (Å²) in [6, 6.07) is 0.512. The third-order valence-corrected chi connectivity index (χ3v) is 2.47. The number of rotatable bonds is 5. The molecule has 0 aliphatic carbocycles. The average Bonchev–Trinajstić information content (AvgIpc) is 2.34. The van der Waals surface area contributed by atoms with Gasteiger partial charge in [-0.05, 0) is 6.07 Å². The van der Waals surface area contributed by atoms with Gasteiger partial charge >= 0.3 is 23.9 Å². The smallest absolute Gasteiger partial charge is 0.338 e. The summed E-state index contributed by atoms with van der Waals surface area (Å²) in [5, 5.41) is 38.1. The van der Waals surface area contributed by atoms with Crippen LogP contribution in [0.25, 0.3) is 0 Å². The highest BCUT2D eigenvalue weighted by molar-refractivity contribution is 6.15. The number of anilines is 1. The van der Waals surface area contributed by atoms with Crippen LogP contribution in [0.1, 0.15) is 41.4 Å². The minimum Gasteiger partial charge on any atom is -0.478 e. The summed E-state index contributed by atoms with van der Waals surface area (Å²) < 4.78 is 0. The fourth-order valence-corrected chi connectivity index (χ4v) is 1.71. The summed E-state index contributed by atoms with van der Waals surface area (Å²) in [6.07, 6.45) is 0. The van der Waals surface area contributed by atoms with Gasteiger partial charge in [0.1, 0.15) is 0 Å². The van der Waals surface area contributed by atoms with Crippen LogP contribution in [0.2, 0.25) is 0 Å². The molecule has 0 saturated carbocycles. The topological polar surface area (TPSA) is 161 Å². The van der Waals surface area contributed by atoms with Crippen molar-refractivity contribution in [2.75, 3.05) is 12.4 Å². The molecular formula is C11H9NO8. The standard InChI is InChI=1S/C11H9NO8/c1-12-7-5(10(17)18)3(8(13)14)2-4(9(15)16)6(7)11(19)20/h2,12H,1H3,(H,13,14)(H,15,16)(H,17,18)(H,19,20). The molecule has 0 unspecified atom stereocenters. The van der Waals surface area contributed by atoms with Crippen molar-refractivity contribution in [3.63, 3.8) is 0 Å². The second-order valence-electron chi connectivity index (χ2n) is 3.57. The van der Waals surface area contributed by atoms with E-state index in [1.54, 1.807) is 0 Å². The van der Waals surface area contributed by atoms with Crippen LogP contribution in [0, 0.1) is 0 Å². The van der Waals surface area contributed by atoms with E-state index in [0.29, 0.717) is 6.07 Å². The first-order chi connectivity index (χ1) is 9.22. The maximum Gasteiger partial charge on any atom is 0.338 e. The predicted molar refractivity (Wildman–Crippen MR) is 63.8 cm³/mol. The Morgan fingerprint density at radius 1 is 0.800 bits per heavy atom. The van der Waals surface area contributed by atoms with Crippen LogP contribution < -0.4 is 5.32 Å². The normalized spacial score (nSPS) is 9.85. The van der Waals surface area contributed by atoms with Gasteiger partial charge in [0.2, 0.25) is 0 Å². The first kappa shape index (κ1) is 15.0. The molecular weight excluding hydrogens is 274 g/mol. The minimum atomic E-state index is -1.69. The summed E-state index contributed by atoms with van der Waals surface area (Å²) in [7, 11) is 1.16. The Morgan fingerprint density at radius 3 is 1.35 bits per heavy atom. The molecule has 0 amide bonds. The monoisotopic (exact) mass is 283 g/mol. The molecule has 5 N–H and O–H groups in total. The van der Waals surface area contributed by atoms with Crippen LogP contribution in [0.15, 0.2) is 6.07 Å². The van der Waals surface area contributed by atoms with Crippen molar-refractivity contribution in [3.8, 4) is 0 Å². The fourth-order valence-electron chi connectivity index (χ4n) is 1.71. The molecule has 1 aromatic carbocycles. The molecule has 0 atom stereocenters. The van der Waals surface area contributed by atoms with E-state index in [4.69, 9.17) is 20.4 Å². The van der Waals surface area contributed by atoms with Gasteiger partial charge in [0.25, 0.3) is 0 Å². The fraction of sp³-hybridized carbons (Fsp3) is 0.0909. The van der Waals surface area contributed by atoms with Crippen molar-refractivity contribution >= 4 is 29.6 Å². The van der Waals surface area contributed by atoms with Crippen molar-refractivity contribution in [1.82, 2.24) is 0 Å². The van der Waals surface area contributed by atoms with Crippen molar-refractivity contribution in [3.05, 3.63) is 28.3 Å². The average molecular weight is 283 g/mol. The van der Waals surface area contributed by atoms with Crippen LogP contribution >= 0.6 is 0 Å². The molecule has 0 heterocycles. The highest BCUT2D eigenvalue weighted by Gasteiger charge is 2.30. The van der Waals surface area contributed by atoms with Gasteiger partial charge in [-0.25, -0.2) is 19.2 Å². The quantitative estimate of drug-likeness (QED) is 0.518. The molecule has 20 heavy (non-hydrogen) atoms. The third kappa shape index (κ3) is 2.36. The molecule has 9 nitrogen and oxygen atoms in total. The van der Waals surface area contributed by atoms with Gasteiger partial charge in [0.05, 0.1) is 27.9 Å². The van der Waals surface area contributed by atoms with Gasteiger partial charge in [0, 0.05) is 7.05 Å². The largest absolute Gasteiger partial charge is 0.478 e. The van der Waals surface area contributed by atoms with Crippen molar-refractivity contribution in [2.24, 2.45) is 0 Å². The summed E-state index contributed by atoms with van der Waals surface area (Å²) in [5.41, 5.74) is -3.85. The lowest BCUT2D eigenvalue weighted by molar-refractivity contribution is 0.0638. The second-order valence-corrected chi connectivity index (χ2v) is 3.57. The molecule has 0 radical (unpaired) electrons. The summed E-state index contributed by atoms with van der Waals surface area (Å²) in [5.74, 6) is -6.74. The maximum atomic E-state index is 11.1. The molecule has 0 aliphatic heterocycles. The molecule has 0 saturated heterocycles. The minimum absolute atomic E-state index is 0.512. The Kier molecular flexibility index (Phi) is 3.94. The van der Waals surface area contributed by atoms with Crippen molar-refractivity contribution < 1.29 is 39.6 Å². The highest BCUT2D eigenvalue weighted by Crippen LogP contribution is 2.29. The van der Waals surface area contributed by atoms with E-state index < -0.39 is 51.8 Å². The van der Waals surface area contributed by atoms with Gasteiger partial charge in [-0.1, -0.05) is 0 Å². The Hall–Kier alpha value is -3.10. The molecule has 0 fully saturated rings. The van der Waals surface area contributed by atoms with E-state index in [1.165, 1.54) is 0 Å². The molecule has 9 heteroatoms. The molecule has 106 valence electrons. The number of hydrogen-bond acceptors (Lipinski definition) is 5. The molecule has 0 aromatic heterocycles. The Balaban J connectivity index is 3.99. The highest BCUT2D eigenvalue weighted by atomic mass is 16.4. The second kappa shape index (κ2) is 5.26. The van der Waals surface area contributed by atoms with E-state index in [-0.39, 0.29) is 0 Å². The Labute approximate surface area is 111 Å². The summed E-state index contributed by atoms with van der Waals surface area (Å²) in [6.45, 7) is 0. The Morgan fingerprint density at radius 2 is 1.15 bits per heavy atom. The lowest BCUT2D eigenvalue weighted by Gasteiger charge is -2.14. The van der Waals surface area contributed by atoms with Gasteiger partial charge in [0.15, 0.2) is 0 Å². The number of benzene rings is 1. The van der Waals surface area contributed by atoms with E-state index in [9.17, 15) is 19.2 Å². The predicted octanol–water partition coefficient (Wildman–Crippen LogP) is 0.521. The van der Waals surface area contributed by atoms with Crippen molar-refractivity contribution in [2.45, 2.75) is 0 Å². The summed E-state index contributed by atoms with van der Waals surface area (Å²) >= 11 is 0. The van der Waals surface area contributed by atoms with E-state index in [0.717, 1.165) is 7.05 Å². The number of carbonyl (C=O) groups is 4. The molecule has 1 rings (SSSR count). The summed E-state index contributed by atoms with van der Waals surface area (Å²) in [4.78, 5) is 44.3. The van der Waals surface area contributed by atoms with E-state index in [1.807, 2.05) is 0 Å². The molecule has 0 bridgehead atoms. The van der Waals surface area contributed by atoms with Crippen LogP contribution in [-0.2, 0) is 0 Å². The number of aromatic carboxylic acids is 4. The zero-order chi connectivity index (χ0) is 15.6. The maximum absolute atomic E-state index is 11.1. The SMILES string of the molecule is CNc1c(C(=O)O)c(C(=O)O)cc(C(=O)O)c1C(=O)O. The zero-order valence-corrected chi connectivity index (χ0v) is 10.00. The molecule has 0 aliphatic rings. The lowest BCUT2D eigenvalue weighted by atomic mass is 9.95. The van der Waals surface area contributed by atoms with Crippen LogP contribution in [0.3, 0.4) is 0 Å². The lowest BCUT2D eigenvalue weighted by Crippen LogP contribution is -2.19. The zero-order valence-electron chi connectivity index (χ0n) is 10.00. The van der Waals surface area contributed by atoms with Gasteiger partial charge in [-0.2, -0.15) is 0 Å². The van der Waals surface area contributed by atoms with Gasteiger partial charge < -0.3 is 25.7 Å². The van der Waals surface area contributed by atoms with Gasteiger partial charge in [-0.3, -0.25) is 0 Å². The first-order valence-corrected chi connectivity index (χ1v) is 5.04. The molecule has 0 spiro atoms. The number of nitrogens with one attached hydrogen (secondary N) is 1. The Bertz CT molecular complexity index is 584. The number of carboxylic acids is 4. The number of hydrogen-bond donors (Lipinski definition) is 5. The first-order valence-electron chi connectivity index (χ1n) is 5.04. The van der Waals surface area contributed by atoms with Crippen LogP contribution in [0.4, 0.5) is 5.69 Å². The third-order valence-electron chi connectivity index (χ3n) is 2.47. The number of carboxylic acid groups (broad SMARTS) is 4. The van der Waals surface area contributed by atoms with Gasteiger partial charge in [-0.15, -0.1) is 0 Å². The molecule has 1 aromatic rings.